The molecular formula is C22H27NO4. The summed E-state index contributed by atoms with van der Waals surface area (Å²) in [5.41, 5.74) is 3.97. The molecule has 0 fully saturated rings. The molecule has 5 heteroatoms. The van der Waals surface area contributed by atoms with Crippen molar-refractivity contribution >= 4 is 17.6 Å². The van der Waals surface area contributed by atoms with Crippen LogP contribution in [-0.2, 0) is 9.53 Å². The molecule has 0 aliphatic carbocycles. The van der Waals surface area contributed by atoms with Crippen LogP contribution >= 0.6 is 0 Å². The maximum atomic E-state index is 12.8. The van der Waals surface area contributed by atoms with Crippen molar-refractivity contribution in [3.63, 3.8) is 0 Å². The highest BCUT2D eigenvalue weighted by molar-refractivity contribution is 5.97. The number of nitrogens with one attached hydrogen (secondary N) is 1. The molecule has 0 aromatic heterocycles. The molecule has 0 aliphatic heterocycles. The third-order valence-corrected chi connectivity index (χ3v) is 4.49. The van der Waals surface area contributed by atoms with E-state index in [0.29, 0.717) is 30.0 Å². The summed E-state index contributed by atoms with van der Waals surface area (Å²) in [5.74, 6) is 0.0446. The van der Waals surface area contributed by atoms with Crippen LogP contribution in [0, 0.1) is 20.8 Å². The van der Waals surface area contributed by atoms with Gasteiger partial charge in [-0.3, -0.25) is 4.79 Å². The van der Waals surface area contributed by atoms with E-state index in [1.54, 1.807) is 25.1 Å². The van der Waals surface area contributed by atoms with E-state index in [1.165, 1.54) is 0 Å². The van der Waals surface area contributed by atoms with Crippen molar-refractivity contribution in [2.45, 2.75) is 47.1 Å². The Labute approximate surface area is 160 Å². The second-order valence-corrected chi connectivity index (χ2v) is 6.45. The predicted molar refractivity (Wildman–Crippen MR) is 106 cm³/mol. The number of aryl methyl sites for hydroxylation is 2. The van der Waals surface area contributed by atoms with E-state index in [0.717, 1.165) is 16.7 Å². The Morgan fingerprint density at radius 2 is 1.78 bits per heavy atom. The molecule has 2 aromatic rings. The largest absolute Gasteiger partial charge is 0.480 e. The Morgan fingerprint density at radius 1 is 1.04 bits per heavy atom. The minimum Gasteiger partial charge on any atom is -0.480 e. The second kappa shape index (κ2) is 9.21. The van der Waals surface area contributed by atoms with Gasteiger partial charge in [-0.2, -0.15) is 0 Å². The first-order chi connectivity index (χ1) is 12.9. The van der Waals surface area contributed by atoms with Crippen LogP contribution in [0.5, 0.6) is 5.75 Å². The molecule has 1 amide bonds. The van der Waals surface area contributed by atoms with E-state index < -0.39 is 12.1 Å². The lowest BCUT2D eigenvalue weighted by molar-refractivity contribution is -0.122. The van der Waals surface area contributed by atoms with Crippen LogP contribution in [0.2, 0.25) is 0 Å². The smallest absolute Gasteiger partial charge is 0.338 e. The molecule has 1 unspecified atom stereocenters. The summed E-state index contributed by atoms with van der Waals surface area (Å²) in [5, 5.41) is 2.88. The van der Waals surface area contributed by atoms with E-state index in [1.807, 2.05) is 45.9 Å². The lowest BCUT2D eigenvalue weighted by Crippen LogP contribution is -2.33. The average Bonchev–Trinajstić information content (AvgIpc) is 2.64. The van der Waals surface area contributed by atoms with Gasteiger partial charge in [0.05, 0.1) is 12.2 Å². The average molecular weight is 369 g/mol. The van der Waals surface area contributed by atoms with Crippen LogP contribution in [0.15, 0.2) is 36.4 Å². The fourth-order valence-corrected chi connectivity index (χ4v) is 2.64. The van der Waals surface area contributed by atoms with Crippen molar-refractivity contribution in [3.05, 3.63) is 58.7 Å². The van der Waals surface area contributed by atoms with Gasteiger partial charge >= 0.3 is 5.97 Å². The fraction of sp³-hybridized carbons (Fsp3) is 0.364. The summed E-state index contributed by atoms with van der Waals surface area (Å²) in [6.07, 6.45) is -0.105. The van der Waals surface area contributed by atoms with Gasteiger partial charge in [0.25, 0.3) is 5.91 Å². The first-order valence-electron chi connectivity index (χ1n) is 9.18. The van der Waals surface area contributed by atoms with Gasteiger partial charge in [0.2, 0.25) is 0 Å². The number of ether oxygens (including phenoxy) is 2. The Bertz CT molecular complexity index is 829. The molecular weight excluding hydrogens is 342 g/mol. The van der Waals surface area contributed by atoms with Gasteiger partial charge in [-0.25, -0.2) is 4.79 Å². The van der Waals surface area contributed by atoms with Gasteiger partial charge in [0, 0.05) is 5.69 Å². The standard InChI is InChI=1S/C22H27NO4/c1-6-19(27-20-10-8-9-14(3)16(20)5)21(24)23-18-13-17(12-11-15(18)4)22(25)26-7-2/h8-13,19H,6-7H2,1-5H3,(H,23,24). The number of hydrogen-bond donors (Lipinski definition) is 1. The molecule has 5 nitrogen and oxygen atoms in total. The normalized spacial score (nSPS) is 11.6. The van der Waals surface area contributed by atoms with Crippen LogP contribution in [0.25, 0.3) is 0 Å². The third-order valence-electron chi connectivity index (χ3n) is 4.49. The third kappa shape index (κ3) is 5.09. The Morgan fingerprint density at radius 3 is 2.44 bits per heavy atom. The van der Waals surface area contributed by atoms with E-state index in [4.69, 9.17) is 9.47 Å². The second-order valence-electron chi connectivity index (χ2n) is 6.45. The maximum Gasteiger partial charge on any atom is 0.338 e. The van der Waals surface area contributed by atoms with Crippen molar-refractivity contribution in [2.75, 3.05) is 11.9 Å². The molecule has 2 rings (SSSR count). The highest BCUT2D eigenvalue weighted by atomic mass is 16.5. The number of carbonyl (C=O) groups excluding carboxylic acids is 2. The van der Waals surface area contributed by atoms with E-state index >= 15 is 0 Å². The maximum absolute atomic E-state index is 12.8. The highest BCUT2D eigenvalue weighted by Gasteiger charge is 2.21. The monoisotopic (exact) mass is 369 g/mol. The SMILES string of the molecule is CCOC(=O)c1ccc(C)c(NC(=O)C(CC)Oc2cccc(C)c2C)c1. The number of amides is 1. The van der Waals surface area contributed by atoms with Gasteiger partial charge < -0.3 is 14.8 Å². The zero-order chi connectivity index (χ0) is 20.0. The summed E-state index contributed by atoms with van der Waals surface area (Å²) in [7, 11) is 0. The molecule has 0 saturated carbocycles. The van der Waals surface area contributed by atoms with Gasteiger partial charge in [-0.15, -0.1) is 0 Å². The van der Waals surface area contributed by atoms with Crippen LogP contribution < -0.4 is 10.1 Å². The number of rotatable bonds is 7. The lowest BCUT2D eigenvalue weighted by atomic mass is 10.1. The molecule has 1 N–H and O–H groups in total. The molecule has 0 spiro atoms. The molecule has 0 radical (unpaired) electrons. The van der Waals surface area contributed by atoms with Gasteiger partial charge in [0.1, 0.15) is 5.75 Å². The predicted octanol–water partition coefficient (Wildman–Crippen LogP) is 4.58. The highest BCUT2D eigenvalue weighted by Crippen LogP contribution is 2.24. The van der Waals surface area contributed by atoms with Crippen LogP contribution in [0.1, 0.15) is 47.3 Å². The Balaban J connectivity index is 2.18. The van der Waals surface area contributed by atoms with Crippen molar-refractivity contribution in [3.8, 4) is 5.75 Å². The van der Waals surface area contributed by atoms with E-state index in [-0.39, 0.29) is 5.91 Å². The summed E-state index contributed by atoms with van der Waals surface area (Å²) in [6.45, 7) is 9.81. The van der Waals surface area contributed by atoms with E-state index in [9.17, 15) is 9.59 Å². The zero-order valence-electron chi connectivity index (χ0n) is 16.6. The minimum absolute atomic E-state index is 0.248. The quantitative estimate of drug-likeness (QED) is 0.725. The first-order valence-corrected chi connectivity index (χ1v) is 9.18. The topological polar surface area (TPSA) is 64.6 Å². The molecule has 0 bridgehead atoms. The van der Waals surface area contributed by atoms with Crippen molar-refractivity contribution in [1.82, 2.24) is 0 Å². The molecule has 2 aromatic carbocycles. The van der Waals surface area contributed by atoms with Crippen molar-refractivity contribution in [1.29, 1.82) is 0 Å². The van der Waals surface area contributed by atoms with E-state index in [2.05, 4.69) is 5.32 Å². The zero-order valence-corrected chi connectivity index (χ0v) is 16.6. The molecule has 144 valence electrons. The van der Waals surface area contributed by atoms with Crippen LogP contribution in [0.3, 0.4) is 0 Å². The van der Waals surface area contributed by atoms with Gasteiger partial charge in [-0.1, -0.05) is 25.1 Å². The Hall–Kier alpha value is -2.82. The van der Waals surface area contributed by atoms with Crippen LogP contribution in [0.4, 0.5) is 5.69 Å². The van der Waals surface area contributed by atoms with Crippen molar-refractivity contribution < 1.29 is 19.1 Å². The number of carbonyl (C=O) groups is 2. The first kappa shape index (κ1) is 20.5. The molecule has 0 aliphatic rings. The summed E-state index contributed by atoms with van der Waals surface area (Å²) >= 11 is 0. The summed E-state index contributed by atoms with van der Waals surface area (Å²) in [4.78, 5) is 24.7. The summed E-state index contributed by atoms with van der Waals surface area (Å²) < 4.78 is 11.0. The van der Waals surface area contributed by atoms with Gasteiger partial charge in [-0.05, 0) is 69.0 Å². The number of esters is 1. The van der Waals surface area contributed by atoms with Crippen LogP contribution in [-0.4, -0.2) is 24.6 Å². The molecule has 1 atom stereocenters. The fourth-order valence-electron chi connectivity index (χ4n) is 2.64. The molecule has 0 saturated heterocycles. The molecule has 27 heavy (non-hydrogen) atoms. The van der Waals surface area contributed by atoms with Gasteiger partial charge in [0.15, 0.2) is 6.10 Å². The summed E-state index contributed by atoms with van der Waals surface area (Å²) in [6, 6.07) is 10.9. The Kier molecular flexibility index (Phi) is 6.99. The molecule has 0 heterocycles. The number of anilines is 1. The number of benzene rings is 2. The lowest BCUT2D eigenvalue weighted by Gasteiger charge is -2.20. The minimum atomic E-state index is -0.629. The number of hydrogen-bond acceptors (Lipinski definition) is 4. The van der Waals surface area contributed by atoms with Crippen molar-refractivity contribution in [2.24, 2.45) is 0 Å².